The van der Waals surface area contributed by atoms with Crippen LogP contribution < -0.4 is 5.32 Å². The second kappa shape index (κ2) is 7.40. The molecule has 0 aliphatic carbocycles. The summed E-state index contributed by atoms with van der Waals surface area (Å²) < 4.78 is 0. The fourth-order valence-electron chi connectivity index (χ4n) is 2.93. The van der Waals surface area contributed by atoms with E-state index in [2.05, 4.69) is 29.3 Å². The van der Waals surface area contributed by atoms with Crippen LogP contribution in [-0.2, 0) is 9.59 Å². The highest BCUT2D eigenvalue weighted by Gasteiger charge is 2.16. The SMILES string of the molecule is Cc1cc(C)c(NC(=O)CCN2CCN(C=O)CC2)c(C)c1. The lowest BCUT2D eigenvalue weighted by atomic mass is 10.0. The molecule has 0 bridgehead atoms. The molecule has 5 nitrogen and oxygen atoms in total. The van der Waals surface area contributed by atoms with Gasteiger partial charge in [0.25, 0.3) is 0 Å². The van der Waals surface area contributed by atoms with Crippen LogP contribution in [0.4, 0.5) is 5.69 Å². The quantitative estimate of drug-likeness (QED) is 0.843. The molecule has 2 amide bonds. The zero-order valence-corrected chi connectivity index (χ0v) is 13.7. The van der Waals surface area contributed by atoms with Crippen LogP contribution >= 0.6 is 0 Å². The molecule has 1 aromatic rings. The highest BCUT2D eigenvalue weighted by atomic mass is 16.1. The molecular weight excluding hydrogens is 278 g/mol. The first-order chi connectivity index (χ1) is 10.5. The van der Waals surface area contributed by atoms with Gasteiger partial charge < -0.3 is 10.2 Å². The number of carbonyl (C=O) groups excluding carboxylic acids is 2. The Labute approximate surface area is 132 Å². The molecule has 1 N–H and O–H groups in total. The normalized spacial score (nSPS) is 15.7. The van der Waals surface area contributed by atoms with Gasteiger partial charge >= 0.3 is 0 Å². The van der Waals surface area contributed by atoms with Crippen molar-refractivity contribution >= 4 is 18.0 Å². The number of carbonyl (C=O) groups is 2. The minimum absolute atomic E-state index is 0.0490. The monoisotopic (exact) mass is 303 g/mol. The number of nitrogens with zero attached hydrogens (tertiary/aromatic N) is 2. The molecule has 1 aliphatic rings. The first kappa shape index (κ1) is 16.5. The molecule has 0 spiro atoms. The van der Waals surface area contributed by atoms with Crippen molar-refractivity contribution < 1.29 is 9.59 Å². The average molecular weight is 303 g/mol. The number of rotatable bonds is 5. The fraction of sp³-hybridized carbons (Fsp3) is 0.529. The Morgan fingerprint density at radius 1 is 1.14 bits per heavy atom. The molecule has 1 saturated heterocycles. The molecule has 22 heavy (non-hydrogen) atoms. The van der Waals surface area contributed by atoms with Crippen molar-refractivity contribution in [2.45, 2.75) is 27.2 Å². The van der Waals surface area contributed by atoms with Crippen LogP contribution in [0.15, 0.2) is 12.1 Å². The Kier molecular flexibility index (Phi) is 5.55. The van der Waals surface area contributed by atoms with Crippen LogP contribution in [0, 0.1) is 20.8 Å². The minimum atomic E-state index is 0.0490. The number of anilines is 1. The molecule has 2 rings (SSSR count). The van der Waals surface area contributed by atoms with Gasteiger partial charge in [-0.2, -0.15) is 0 Å². The maximum absolute atomic E-state index is 12.2. The number of piperazine rings is 1. The maximum atomic E-state index is 12.2. The smallest absolute Gasteiger partial charge is 0.225 e. The Morgan fingerprint density at radius 2 is 1.73 bits per heavy atom. The second-order valence-electron chi connectivity index (χ2n) is 6.05. The van der Waals surface area contributed by atoms with E-state index in [1.807, 2.05) is 13.8 Å². The predicted octanol–water partition coefficient (Wildman–Crippen LogP) is 1.71. The van der Waals surface area contributed by atoms with Gasteiger partial charge in [0.2, 0.25) is 12.3 Å². The summed E-state index contributed by atoms with van der Waals surface area (Å²) in [5, 5.41) is 3.03. The van der Waals surface area contributed by atoms with Gasteiger partial charge in [-0.3, -0.25) is 14.5 Å². The molecule has 1 fully saturated rings. The highest BCUT2D eigenvalue weighted by molar-refractivity contribution is 5.92. The largest absolute Gasteiger partial charge is 0.343 e. The number of benzene rings is 1. The third-order valence-electron chi connectivity index (χ3n) is 4.15. The number of hydrogen-bond acceptors (Lipinski definition) is 3. The van der Waals surface area contributed by atoms with Crippen molar-refractivity contribution in [3.05, 3.63) is 28.8 Å². The summed E-state index contributed by atoms with van der Waals surface area (Å²) in [7, 11) is 0. The molecule has 0 atom stereocenters. The summed E-state index contributed by atoms with van der Waals surface area (Å²) in [6, 6.07) is 4.17. The number of nitrogens with one attached hydrogen (secondary N) is 1. The summed E-state index contributed by atoms with van der Waals surface area (Å²) in [6.45, 7) is 10.0. The molecule has 120 valence electrons. The van der Waals surface area contributed by atoms with Crippen molar-refractivity contribution in [1.29, 1.82) is 0 Å². The molecule has 0 aromatic heterocycles. The summed E-state index contributed by atoms with van der Waals surface area (Å²) in [4.78, 5) is 26.8. The van der Waals surface area contributed by atoms with E-state index in [1.54, 1.807) is 4.90 Å². The van der Waals surface area contributed by atoms with E-state index >= 15 is 0 Å². The Bertz CT molecular complexity index is 526. The minimum Gasteiger partial charge on any atom is -0.343 e. The summed E-state index contributed by atoms with van der Waals surface area (Å²) >= 11 is 0. The van der Waals surface area contributed by atoms with Crippen LogP contribution in [0.1, 0.15) is 23.1 Å². The number of amides is 2. The van der Waals surface area contributed by atoms with Crippen molar-refractivity contribution in [1.82, 2.24) is 9.80 Å². The lowest BCUT2D eigenvalue weighted by Crippen LogP contribution is -2.46. The molecule has 1 aromatic carbocycles. The zero-order chi connectivity index (χ0) is 16.1. The van der Waals surface area contributed by atoms with E-state index in [-0.39, 0.29) is 5.91 Å². The van der Waals surface area contributed by atoms with Crippen molar-refractivity contribution in [3.63, 3.8) is 0 Å². The molecule has 5 heteroatoms. The lowest BCUT2D eigenvalue weighted by Gasteiger charge is -2.32. The number of aryl methyl sites for hydroxylation is 3. The van der Waals surface area contributed by atoms with Gasteiger partial charge in [-0.1, -0.05) is 17.7 Å². The standard InChI is InChI=1S/C17H25N3O2/c1-13-10-14(2)17(15(3)11-13)18-16(22)4-5-19-6-8-20(12-21)9-7-19/h10-12H,4-9H2,1-3H3,(H,18,22). The number of hydrogen-bond donors (Lipinski definition) is 1. The zero-order valence-electron chi connectivity index (χ0n) is 13.7. The summed E-state index contributed by atoms with van der Waals surface area (Å²) in [5.41, 5.74) is 4.35. The predicted molar refractivity (Wildman–Crippen MR) is 88.0 cm³/mol. The highest BCUT2D eigenvalue weighted by Crippen LogP contribution is 2.22. The third kappa shape index (κ3) is 4.31. The van der Waals surface area contributed by atoms with Crippen molar-refractivity contribution in [3.8, 4) is 0 Å². The third-order valence-corrected chi connectivity index (χ3v) is 4.15. The van der Waals surface area contributed by atoms with Crippen LogP contribution in [0.25, 0.3) is 0 Å². The molecule has 1 aliphatic heterocycles. The van der Waals surface area contributed by atoms with Crippen molar-refractivity contribution in [2.24, 2.45) is 0 Å². The topological polar surface area (TPSA) is 52.7 Å². The molecule has 0 radical (unpaired) electrons. The van der Waals surface area contributed by atoms with E-state index in [1.165, 1.54) is 5.56 Å². The van der Waals surface area contributed by atoms with E-state index in [4.69, 9.17) is 0 Å². The lowest BCUT2D eigenvalue weighted by molar-refractivity contribution is -0.120. The molecule has 0 unspecified atom stereocenters. The van der Waals surface area contributed by atoms with Crippen molar-refractivity contribution in [2.75, 3.05) is 38.0 Å². The van der Waals surface area contributed by atoms with Gasteiger partial charge in [0.1, 0.15) is 0 Å². The Morgan fingerprint density at radius 3 is 2.27 bits per heavy atom. The summed E-state index contributed by atoms with van der Waals surface area (Å²) in [6.07, 6.45) is 1.38. The van der Waals surface area contributed by atoms with Crippen LogP contribution in [-0.4, -0.2) is 54.8 Å². The van der Waals surface area contributed by atoms with Gasteiger partial charge in [0.15, 0.2) is 0 Å². The van der Waals surface area contributed by atoms with Crippen LogP contribution in [0.5, 0.6) is 0 Å². The molecule has 1 heterocycles. The van der Waals surface area contributed by atoms with E-state index in [0.29, 0.717) is 6.42 Å². The molecule has 0 saturated carbocycles. The fourth-order valence-corrected chi connectivity index (χ4v) is 2.93. The van der Waals surface area contributed by atoms with Gasteiger partial charge in [-0.15, -0.1) is 0 Å². The van der Waals surface area contributed by atoms with E-state index in [9.17, 15) is 9.59 Å². The molecular formula is C17H25N3O2. The maximum Gasteiger partial charge on any atom is 0.225 e. The Hall–Kier alpha value is -1.88. The van der Waals surface area contributed by atoms with Gasteiger partial charge in [-0.05, 0) is 31.9 Å². The van der Waals surface area contributed by atoms with E-state index < -0.39 is 0 Å². The summed E-state index contributed by atoms with van der Waals surface area (Å²) in [5.74, 6) is 0.0490. The van der Waals surface area contributed by atoms with Gasteiger partial charge in [-0.25, -0.2) is 0 Å². The first-order valence-electron chi connectivity index (χ1n) is 7.79. The van der Waals surface area contributed by atoms with E-state index in [0.717, 1.165) is 55.9 Å². The second-order valence-corrected chi connectivity index (χ2v) is 6.05. The Balaban J connectivity index is 1.83. The average Bonchev–Trinajstić information content (AvgIpc) is 2.49. The first-order valence-corrected chi connectivity index (χ1v) is 7.79. The van der Waals surface area contributed by atoms with Gasteiger partial charge in [0, 0.05) is 44.8 Å². The van der Waals surface area contributed by atoms with Gasteiger partial charge in [0.05, 0.1) is 0 Å². The van der Waals surface area contributed by atoms with Crippen LogP contribution in [0.2, 0.25) is 0 Å². The van der Waals surface area contributed by atoms with Crippen LogP contribution in [0.3, 0.4) is 0 Å².